The Morgan fingerprint density at radius 1 is 1.00 bits per heavy atom. The molecule has 2 fully saturated rings. The minimum absolute atomic E-state index is 0.599. The molecule has 0 amide bonds. The molecule has 5 rings (SSSR count). The Balaban J connectivity index is 1.43. The van der Waals surface area contributed by atoms with Crippen molar-refractivity contribution >= 4 is 11.0 Å². The molecule has 2 saturated heterocycles. The first-order valence-corrected chi connectivity index (χ1v) is 14.2. The average molecular weight is 505 g/mol. The molecule has 1 unspecified atom stereocenters. The molecule has 2 aromatic carbocycles. The fourth-order valence-electron chi connectivity index (χ4n) is 6.68. The molecular formula is C31H44N4O2. The zero-order valence-electron chi connectivity index (χ0n) is 23.3. The number of piperidine rings is 2. The van der Waals surface area contributed by atoms with Gasteiger partial charge in [-0.3, -0.25) is 4.90 Å². The van der Waals surface area contributed by atoms with E-state index in [0.717, 1.165) is 60.0 Å². The lowest BCUT2D eigenvalue weighted by atomic mass is 9.81. The van der Waals surface area contributed by atoms with Crippen molar-refractivity contribution in [3.63, 3.8) is 0 Å². The standard InChI is InChI=1S/C31H44N4O2/c1-6-34-28-9-7-22(19-27(28)33-31(34)24-8-10-29(36-4)30(20-24)37-5)23-13-16-35(25-11-14-32-15-12-25)26(18-23)17-21(2)3/h7-10,19-21,23,25-26,32H,6,11-18H2,1-5H3/t23?,26-/m1/s1. The van der Waals surface area contributed by atoms with Gasteiger partial charge in [0, 0.05) is 24.2 Å². The summed E-state index contributed by atoms with van der Waals surface area (Å²) < 4.78 is 13.3. The second-order valence-electron chi connectivity index (χ2n) is 11.2. The molecule has 0 aliphatic carbocycles. The molecule has 0 spiro atoms. The Morgan fingerprint density at radius 3 is 2.49 bits per heavy atom. The first kappa shape index (κ1) is 26.1. The van der Waals surface area contributed by atoms with Crippen molar-refractivity contribution in [2.75, 3.05) is 33.9 Å². The van der Waals surface area contributed by atoms with Crippen LogP contribution in [0.4, 0.5) is 0 Å². The number of hydrogen-bond donors (Lipinski definition) is 1. The van der Waals surface area contributed by atoms with Crippen LogP contribution in [0.2, 0.25) is 0 Å². The van der Waals surface area contributed by atoms with Gasteiger partial charge in [0.15, 0.2) is 11.5 Å². The van der Waals surface area contributed by atoms with Gasteiger partial charge in [-0.1, -0.05) is 19.9 Å². The molecule has 1 aromatic heterocycles. The van der Waals surface area contributed by atoms with E-state index >= 15 is 0 Å². The van der Waals surface area contributed by atoms with E-state index in [2.05, 4.69) is 59.8 Å². The molecule has 37 heavy (non-hydrogen) atoms. The lowest BCUT2D eigenvalue weighted by Crippen LogP contribution is -2.51. The van der Waals surface area contributed by atoms with E-state index in [1.165, 1.54) is 49.7 Å². The topological polar surface area (TPSA) is 51.6 Å². The van der Waals surface area contributed by atoms with Gasteiger partial charge in [0.1, 0.15) is 5.82 Å². The maximum atomic E-state index is 5.56. The third kappa shape index (κ3) is 5.37. The van der Waals surface area contributed by atoms with E-state index in [-0.39, 0.29) is 0 Å². The van der Waals surface area contributed by atoms with Gasteiger partial charge < -0.3 is 19.4 Å². The normalized spacial score (nSPS) is 21.6. The van der Waals surface area contributed by atoms with Gasteiger partial charge in [0.2, 0.25) is 0 Å². The zero-order chi connectivity index (χ0) is 25.9. The highest BCUT2D eigenvalue weighted by molar-refractivity contribution is 5.82. The predicted octanol–water partition coefficient (Wildman–Crippen LogP) is 6.09. The van der Waals surface area contributed by atoms with Crippen LogP contribution in [0, 0.1) is 5.92 Å². The van der Waals surface area contributed by atoms with Gasteiger partial charge >= 0.3 is 0 Å². The molecule has 0 saturated carbocycles. The van der Waals surface area contributed by atoms with Crippen molar-refractivity contribution in [1.82, 2.24) is 19.8 Å². The predicted molar refractivity (Wildman–Crippen MR) is 152 cm³/mol. The van der Waals surface area contributed by atoms with Crippen LogP contribution < -0.4 is 14.8 Å². The maximum Gasteiger partial charge on any atom is 0.161 e. The first-order valence-electron chi connectivity index (χ1n) is 14.2. The Kier molecular flexibility index (Phi) is 8.06. The summed E-state index contributed by atoms with van der Waals surface area (Å²) in [4.78, 5) is 8.02. The second kappa shape index (κ2) is 11.4. The number of likely N-dealkylation sites (tertiary alicyclic amines) is 1. The van der Waals surface area contributed by atoms with Gasteiger partial charge in [-0.15, -0.1) is 0 Å². The lowest BCUT2D eigenvalue weighted by Gasteiger charge is -2.46. The van der Waals surface area contributed by atoms with Crippen molar-refractivity contribution in [3.8, 4) is 22.9 Å². The second-order valence-corrected chi connectivity index (χ2v) is 11.2. The maximum absolute atomic E-state index is 5.56. The van der Waals surface area contributed by atoms with E-state index in [0.29, 0.717) is 12.0 Å². The number of methoxy groups -OCH3 is 2. The number of hydrogen-bond acceptors (Lipinski definition) is 5. The van der Waals surface area contributed by atoms with Gasteiger partial charge in [0.25, 0.3) is 0 Å². The highest BCUT2D eigenvalue weighted by Gasteiger charge is 2.34. The quantitative estimate of drug-likeness (QED) is 0.403. The van der Waals surface area contributed by atoms with Gasteiger partial charge in [-0.25, -0.2) is 4.98 Å². The summed E-state index contributed by atoms with van der Waals surface area (Å²) in [6.07, 6.45) is 6.36. The fraction of sp³-hybridized carbons (Fsp3) is 0.581. The van der Waals surface area contributed by atoms with Crippen molar-refractivity contribution in [3.05, 3.63) is 42.0 Å². The van der Waals surface area contributed by atoms with Crippen LogP contribution in [-0.2, 0) is 6.54 Å². The minimum Gasteiger partial charge on any atom is -0.493 e. The number of nitrogens with zero attached hydrogens (tertiary/aromatic N) is 3. The molecule has 200 valence electrons. The van der Waals surface area contributed by atoms with Gasteiger partial charge in [-0.05, 0) is 106 Å². The lowest BCUT2D eigenvalue weighted by molar-refractivity contribution is 0.0562. The van der Waals surface area contributed by atoms with Crippen LogP contribution in [-0.4, -0.2) is 60.4 Å². The molecule has 1 N–H and O–H groups in total. The Labute approximate surface area is 222 Å². The highest BCUT2D eigenvalue weighted by Crippen LogP contribution is 2.38. The summed E-state index contributed by atoms with van der Waals surface area (Å²) in [5, 5.41) is 3.55. The van der Waals surface area contributed by atoms with E-state index < -0.39 is 0 Å². The van der Waals surface area contributed by atoms with Crippen LogP contribution in [0.5, 0.6) is 11.5 Å². The smallest absolute Gasteiger partial charge is 0.161 e. The number of aryl methyl sites for hydroxylation is 1. The molecule has 0 bridgehead atoms. The number of rotatable bonds is 8. The summed E-state index contributed by atoms with van der Waals surface area (Å²) in [6.45, 7) is 11.4. The van der Waals surface area contributed by atoms with E-state index in [9.17, 15) is 0 Å². The Morgan fingerprint density at radius 2 is 1.78 bits per heavy atom. The number of fused-ring (bicyclic) bond motifs is 1. The first-order chi connectivity index (χ1) is 18.0. The summed E-state index contributed by atoms with van der Waals surface area (Å²) in [6, 6.07) is 14.5. The molecule has 0 radical (unpaired) electrons. The summed E-state index contributed by atoms with van der Waals surface area (Å²) in [7, 11) is 3.35. The zero-order valence-corrected chi connectivity index (χ0v) is 23.3. The van der Waals surface area contributed by atoms with Crippen LogP contribution in [0.3, 0.4) is 0 Å². The molecule has 2 aliphatic heterocycles. The number of aromatic nitrogens is 2. The number of nitrogens with one attached hydrogen (secondary N) is 1. The van der Waals surface area contributed by atoms with Crippen LogP contribution in [0.1, 0.15) is 64.4 Å². The van der Waals surface area contributed by atoms with Crippen LogP contribution in [0.25, 0.3) is 22.4 Å². The summed E-state index contributed by atoms with van der Waals surface area (Å²) in [5.41, 5.74) is 4.78. The van der Waals surface area contributed by atoms with Crippen molar-refractivity contribution < 1.29 is 9.47 Å². The minimum atomic E-state index is 0.599. The van der Waals surface area contributed by atoms with Gasteiger partial charge in [-0.2, -0.15) is 0 Å². The molecule has 6 heteroatoms. The molecule has 2 aliphatic rings. The largest absolute Gasteiger partial charge is 0.493 e. The molecule has 6 nitrogen and oxygen atoms in total. The third-order valence-electron chi connectivity index (χ3n) is 8.48. The average Bonchev–Trinajstić information content (AvgIpc) is 3.30. The van der Waals surface area contributed by atoms with Crippen LogP contribution in [0.15, 0.2) is 36.4 Å². The molecule has 3 aromatic rings. The van der Waals surface area contributed by atoms with Crippen molar-refractivity contribution in [1.29, 1.82) is 0 Å². The summed E-state index contributed by atoms with van der Waals surface area (Å²) in [5.74, 6) is 3.77. The number of benzene rings is 2. The van der Waals surface area contributed by atoms with Crippen LogP contribution >= 0.6 is 0 Å². The number of ether oxygens (including phenoxy) is 2. The summed E-state index contributed by atoms with van der Waals surface area (Å²) >= 11 is 0. The van der Waals surface area contributed by atoms with E-state index in [4.69, 9.17) is 14.5 Å². The Hall–Kier alpha value is -2.57. The molecular weight excluding hydrogens is 460 g/mol. The number of imidazole rings is 1. The van der Waals surface area contributed by atoms with Gasteiger partial charge in [0.05, 0.1) is 25.3 Å². The molecule has 3 heterocycles. The fourth-order valence-corrected chi connectivity index (χ4v) is 6.68. The van der Waals surface area contributed by atoms with E-state index in [1.54, 1.807) is 14.2 Å². The van der Waals surface area contributed by atoms with E-state index in [1.807, 2.05) is 12.1 Å². The third-order valence-corrected chi connectivity index (χ3v) is 8.48. The SMILES string of the molecule is CCn1c(-c2ccc(OC)c(OC)c2)nc2cc(C3CCN(C4CCNCC4)[C@H](CC(C)C)C3)ccc21. The Bertz CT molecular complexity index is 1200. The highest BCUT2D eigenvalue weighted by atomic mass is 16.5. The molecule has 2 atom stereocenters. The van der Waals surface area contributed by atoms with Crippen molar-refractivity contribution in [2.45, 2.75) is 77.4 Å². The monoisotopic (exact) mass is 504 g/mol. The van der Waals surface area contributed by atoms with Crippen molar-refractivity contribution in [2.24, 2.45) is 5.92 Å².